The van der Waals surface area contributed by atoms with E-state index in [-0.39, 0.29) is 17.2 Å². The molecule has 40 heavy (non-hydrogen) atoms. The number of nitrogens with zero attached hydrogens (tertiary/aromatic N) is 2. The van der Waals surface area contributed by atoms with Gasteiger partial charge in [0.05, 0.1) is 13.1 Å². The van der Waals surface area contributed by atoms with Crippen molar-refractivity contribution in [2.45, 2.75) is 50.4 Å². The van der Waals surface area contributed by atoms with Gasteiger partial charge in [0, 0.05) is 16.8 Å². The molecule has 3 aromatic rings. The van der Waals surface area contributed by atoms with E-state index in [1.807, 2.05) is 24.3 Å². The number of fused-ring (bicyclic) bond motifs is 1. The maximum Gasteiger partial charge on any atom is 0.238 e. The first-order chi connectivity index (χ1) is 19.6. The van der Waals surface area contributed by atoms with E-state index in [9.17, 15) is 9.59 Å². The zero-order chi connectivity index (χ0) is 27.4. The van der Waals surface area contributed by atoms with E-state index in [0.29, 0.717) is 13.1 Å². The van der Waals surface area contributed by atoms with E-state index >= 15 is 0 Å². The third-order valence-corrected chi connectivity index (χ3v) is 8.93. The lowest BCUT2D eigenvalue weighted by atomic mass is 9.62. The summed E-state index contributed by atoms with van der Waals surface area (Å²) in [4.78, 5) is 29.7. The monoisotopic (exact) mass is 536 g/mol. The highest BCUT2D eigenvalue weighted by molar-refractivity contribution is 5.93. The Kier molecular flexibility index (Phi) is 7.98. The molecule has 2 saturated heterocycles. The van der Waals surface area contributed by atoms with Gasteiger partial charge in [-0.25, -0.2) is 0 Å². The summed E-state index contributed by atoms with van der Waals surface area (Å²) >= 11 is 0. The second-order valence-corrected chi connectivity index (χ2v) is 11.6. The Hall–Kier alpha value is -3.48. The number of carbonyl (C=O) groups is 2. The molecule has 0 unspecified atom stereocenters. The van der Waals surface area contributed by atoms with E-state index < -0.39 is 0 Å². The normalized spacial score (nSPS) is 18.8. The Morgan fingerprint density at radius 3 is 1.60 bits per heavy atom. The van der Waals surface area contributed by atoms with Crippen molar-refractivity contribution >= 4 is 23.2 Å². The maximum absolute atomic E-state index is 12.6. The van der Waals surface area contributed by atoms with Crippen LogP contribution in [0.4, 0.5) is 11.4 Å². The van der Waals surface area contributed by atoms with Crippen molar-refractivity contribution < 1.29 is 9.59 Å². The first-order valence-corrected chi connectivity index (χ1v) is 14.9. The van der Waals surface area contributed by atoms with Crippen LogP contribution in [0.25, 0.3) is 0 Å². The third kappa shape index (κ3) is 5.70. The zero-order valence-electron chi connectivity index (χ0n) is 23.3. The van der Waals surface area contributed by atoms with Gasteiger partial charge in [0.15, 0.2) is 0 Å². The average molecular weight is 537 g/mol. The Morgan fingerprint density at radius 1 is 0.625 bits per heavy atom. The van der Waals surface area contributed by atoms with Crippen LogP contribution in [-0.4, -0.2) is 60.9 Å². The number of benzene rings is 3. The van der Waals surface area contributed by atoms with Crippen LogP contribution in [0.5, 0.6) is 0 Å². The second kappa shape index (κ2) is 11.9. The third-order valence-electron chi connectivity index (χ3n) is 8.93. The fraction of sp³-hybridized carbons (Fsp3) is 0.412. The lowest BCUT2D eigenvalue weighted by Crippen LogP contribution is -2.34. The highest BCUT2D eigenvalue weighted by Crippen LogP contribution is 2.48. The lowest BCUT2D eigenvalue weighted by molar-refractivity contribution is -0.117. The summed E-state index contributed by atoms with van der Waals surface area (Å²) < 4.78 is 0. The van der Waals surface area contributed by atoms with Crippen LogP contribution < -0.4 is 10.6 Å². The smallest absolute Gasteiger partial charge is 0.238 e. The molecule has 3 aromatic carbocycles. The molecule has 0 aromatic heterocycles. The van der Waals surface area contributed by atoms with E-state index in [2.05, 4.69) is 69.0 Å². The molecule has 0 radical (unpaired) electrons. The number of likely N-dealkylation sites (tertiary alicyclic amines) is 2. The molecule has 1 aliphatic carbocycles. The summed E-state index contributed by atoms with van der Waals surface area (Å²) in [5.74, 6) is 0.101. The molecule has 0 spiro atoms. The highest BCUT2D eigenvalue weighted by atomic mass is 16.2. The summed E-state index contributed by atoms with van der Waals surface area (Å²) in [6.07, 6.45) is 7.89. The van der Waals surface area contributed by atoms with E-state index in [0.717, 1.165) is 56.8 Å². The number of rotatable bonds is 8. The number of hydrogen-bond acceptors (Lipinski definition) is 4. The SMILES string of the molecule is O=C(CN1CCCC1)Nc1ccc(C2(c3ccc(NC(=O)CN4CCCC4)cc3)CCCc3ccccc32)cc1. The minimum atomic E-state index is -0.287. The van der Waals surface area contributed by atoms with Crippen LogP contribution in [0.3, 0.4) is 0 Å². The van der Waals surface area contributed by atoms with Gasteiger partial charge in [-0.05, 0) is 118 Å². The molecule has 6 heteroatoms. The van der Waals surface area contributed by atoms with Crippen molar-refractivity contribution in [3.05, 3.63) is 95.1 Å². The van der Waals surface area contributed by atoms with Gasteiger partial charge in [-0.1, -0.05) is 48.5 Å². The molecule has 3 aliphatic rings. The fourth-order valence-electron chi connectivity index (χ4n) is 6.96. The minimum absolute atomic E-state index is 0.0507. The molecule has 0 bridgehead atoms. The summed E-state index contributed by atoms with van der Waals surface area (Å²) in [7, 11) is 0. The molecule has 2 amide bonds. The van der Waals surface area contributed by atoms with Gasteiger partial charge in [-0.2, -0.15) is 0 Å². The minimum Gasteiger partial charge on any atom is -0.325 e. The maximum atomic E-state index is 12.6. The van der Waals surface area contributed by atoms with Crippen LogP contribution in [0.1, 0.15) is 60.8 Å². The van der Waals surface area contributed by atoms with Crippen molar-refractivity contribution in [1.29, 1.82) is 0 Å². The van der Waals surface area contributed by atoms with Crippen molar-refractivity contribution in [3.8, 4) is 0 Å². The van der Waals surface area contributed by atoms with Gasteiger partial charge in [-0.15, -0.1) is 0 Å². The second-order valence-electron chi connectivity index (χ2n) is 11.6. The highest BCUT2D eigenvalue weighted by Gasteiger charge is 2.39. The van der Waals surface area contributed by atoms with E-state index in [1.54, 1.807) is 0 Å². The van der Waals surface area contributed by atoms with Crippen LogP contribution in [0.2, 0.25) is 0 Å². The van der Waals surface area contributed by atoms with Crippen LogP contribution in [-0.2, 0) is 21.4 Å². The number of hydrogen-bond donors (Lipinski definition) is 2. The lowest BCUT2D eigenvalue weighted by Gasteiger charge is -2.40. The van der Waals surface area contributed by atoms with Gasteiger partial charge in [0.25, 0.3) is 0 Å². The van der Waals surface area contributed by atoms with Crippen molar-refractivity contribution in [1.82, 2.24) is 9.80 Å². The summed E-state index contributed by atoms with van der Waals surface area (Å²) in [5.41, 5.74) is 6.57. The summed E-state index contributed by atoms with van der Waals surface area (Å²) in [6, 6.07) is 25.7. The van der Waals surface area contributed by atoms with Gasteiger partial charge < -0.3 is 10.6 Å². The Bertz CT molecular complexity index is 1250. The number of aryl methyl sites for hydroxylation is 1. The number of nitrogens with one attached hydrogen (secondary N) is 2. The van der Waals surface area contributed by atoms with Gasteiger partial charge in [0.2, 0.25) is 11.8 Å². The first kappa shape index (κ1) is 26.7. The summed E-state index contributed by atoms with van der Waals surface area (Å²) in [6.45, 7) is 4.95. The summed E-state index contributed by atoms with van der Waals surface area (Å²) in [5, 5.41) is 6.19. The predicted molar refractivity (Wildman–Crippen MR) is 161 cm³/mol. The van der Waals surface area contributed by atoms with Crippen LogP contribution >= 0.6 is 0 Å². The predicted octanol–water partition coefficient (Wildman–Crippen LogP) is 5.43. The molecular weight excluding hydrogens is 496 g/mol. The molecule has 2 aliphatic heterocycles. The van der Waals surface area contributed by atoms with Crippen molar-refractivity contribution in [3.63, 3.8) is 0 Å². The fourth-order valence-corrected chi connectivity index (χ4v) is 6.96. The standard InChI is InChI=1S/C34H40N4O2/c39-32(24-37-20-3-4-21-37)35-29-15-11-27(12-16-29)34(19-7-9-26-8-1-2-10-31(26)34)28-13-17-30(18-14-28)36-33(40)25-38-22-5-6-23-38/h1-2,8,10-18H,3-7,9,19-25H2,(H,35,39)(H,36,40). The average Bonchev–Trinajstić information content (AvgIpc) is 3.68. The largest absolute Gasteiger partial charge is 0.325 e. The number of amides is 2. The van der Waals surface area contributed by atoms with Gasteiger partial charge in [-0.3, -0.25) is 19.4 Å². The van der Waals surface area contributed by atoms with Gasteiger partial charge in [0.1, 0.15) is 0 Å². The zero-order valence-corrected chi connectivity index (χ0v) is 23.3. The van der Waals surface area contributed by atoms with Crippen LogP contribution in [0, 0.1) is 0 Å². The Morgan fingerprint density at radius 2 is 1.10 bits per heavy atom. The van der Waals surface area contributed by atoms with Crippen molar-refractivity contribution in [2.75, 3.05) is 49.9 Å². The molecule has 6 rings (SSSR count). The van der Waals surface area contributed by atoms with E-state index in [4.69, 9.17) is 0 Å². The molecule has 2 fully saturated rings. The quantitative estimate of drug-likeness (QED) is 0.403. The molecular formula is C34H40N4O2. The van der Waals surface area contributed by atoms with E-state index in [1.165, 1.54) is 47.9 Å². The first-order valence-electron chi connectivity index (χ1n) is 14.9. The Balaban J connectivity index is 1.25. The topological polar surface area (TPSA) is 64.7 Å². The van der Waals surface area contributed by atoms with Crippen molar-refractivity contribution in [2.24, 2.45) is 0 Å². The van der Waals surface area contributed by atoms with Gasteiger partial charge >= 0.3 is 0 Å². The molecule has 0 atom stereocenters. The molecule has 208 valence electrons. The molecule has 0 saturated carbocycles. The molecule has 6 nitrogen and oxygen atoms in total. The van der Waals surface area contributed by atoms with Crippen LogP contribution in [0.15, 0.2) is 72.8 Å². The molecule has 2 heterocycles. The Labute approximate surface area is 237 Å². The number of carbonyl (C=O) groups excluding carboxylic acids is 2. The number of anilines is 2. The molecule has 2 N–H and O–H groups in total.